The van der Waals surface area contributed by atoms with Crippen LogP contribution in [0.15, 0.2) is 0 Å². The summed E-state index contributed by atoms with van der Waals surface area (Å²) in [5, 5.41) is 141. The quantitative estimate of drug-likeness (QED) is 0.00922. The summed E-state index contributed by atoms with van der Waals surface area (Å²) in [6.07, 6.45) is -4.38. The molecule has 1 unspecified atom stereocenters. The lowest BCUT2D eigenvalue weighted by atomic mass is 9.99. The van der Waals surface area contributed by atoms with Crippen LogP contribution in [0.5, 0.6) is 0 Å². The Balaban J connectivity index is 0.000000883. The fourth-order valence-electron chi connectivity index (χ4n) is 11.5. The number of Topliss-reactive ketones (excluding diaryl/α,β-unsaturated/α-hetero) is 2. The van der Waals surface area contributed by atoms with E-state index in [1.54, 1.807) is 5.32 Å². The van der Waals surface area contributed by atoms with Crippen LogP contribution in [0.4, 0.5) is 14.4 Å². The molecule has 10 N–H and O–H groups in total. The Morgan fingerprint density at radius 2 is 0.596 bits per heavy atom. The minimum atomic E-state index is -4.40. The molecule has 5 saturated heterocycles. The van der Waals surface area contributed by atoms with Crippen molar-refractivity contribution in [3.8, 4) is 0 Å². The van der Waals surface area contributed by atoms with E-state index in [0.717, 1.165) is 7.11 Å². The molecular formula is C63H96N20O53S5. The van der Waals surface area contributed by atoms with Crippen LogP contribution in [-0.4, -0.2) is 433 Å². The number of amides is 8. The van der Waals surface area contributed by atoms with E-state index < -0.39 is 387 Å². The molecule has 0 aromatic heterocycles. The van der Waals surface area contributed by atoms with Crippen molar-refractivity contribution in [1.29, 1.82) is 0 Å². The van der Waals surface area contributed by atoms with Gasteiger partial charge in [0.15, 0.2) is 115 Å². The summed E-state index contributed by atoms with van der Waals surface area (Å²) in [6, 6.07) is -7.88. The molecule has 8 amide bonds. The predicted molar refractivity (Wildman–Crippen MR) is 451 cm³/mol. The third-order valence-electron chi connectivity index (χ3n) is 19.2. The first kappa shape index (κ1) is 125. The van der Waals surface area contributed by atoms with Crippen LogP contribution in [0.2, 0.25) is 0 Å². The predicted octanol–water partition coefficient (Wildman–Crippen LogP) is -10.0. The summed E-state index contributed by atoms with van der Waals surface area (Å²) < 4.78 is 144. The second-order valence-corrected chi connectivity index (χ2v) is 43.5. The molecule has 0 radical (unpaired) electrons. The number of ketones is 2. The Morgan fingerprint density at radius 1 is 0.362 bits per heavy atom. The number of hydrogen-bond acceptors (Lipinski definition) is 52. The second-order valence-electron chi connectivity index (χ2n) is 32.9. The van der Waals surface area contributed by atoms with Gasteiger partial charge in [-0.2, -0.15) is 0 Å². The first-order chi connectivity index (χ1) is 63.9. The molecule has 0 bridgehead atoms. The lowest BCUT2D eigenvalue weighted by molar-refractivity contribution is -0.809. The Labute approximate surface area is 791 Å². The van der Waals surface area contributed by atoms with Crippen molar-refractivity contribution in [2.75, 3.05) is 143 Å². The highest BCUT2D eigenvalue weighted by molar-refractivity contribution is 7.93. The number of nitrogens with two attached hydrogens (primary N) is 2. The zero-order valence-corrected chi connectivity index (χ0v) is 79.4. The van der Waals surface area contributed by atoms with Gasteiger partial charge in [0, 0.05) is 12.8 Å². The summed E-state index contributed by atoms with van der Waals surface area (Å²) in [5.41, 5.74) is -3.95. The molecule has 5 rings (SSSR count). The van der Waals surface area contributed by atoms with Crippen LogP contribution in [0, 0.1) is 107 Å². The van der Waals surface area contributed by atoms with Gasteiger partial charge < -0.3 is 90.9 Å². The fraction of sp³-hybridized carbons (Fsp3) is 0.762. The molecule has 0 spiro atoms. The Morgan fingerprint density at radius 3 is 0.816 bits per heavy atom. The summed E-state index contributed by atoms with van der Waals surface area (Å²) in [5.74, 6) is -26.5. The van der Waals surface area contributed by atoms with Gasteiger partial charge in [-0.05, 0) is 68.7 Å². The number of esters is 2. The first-order valence-corrected chi connectivity index (χ1v) is 48.3. The third-order valence-corrected chi connectivity index (χ3v) is 26.9. The molecule has 0 aromatic carbocycles. The van der Waals surface area contributed by atoms with E-state index in [2.05, 4.69) is 14.2 Å². The molecule has 0 aromatic rings. The molecule has 73 nitrogen and oxygen atoms in total. The Hall–Kier alpha value is -14.5. The highest BCUT2D eigenvalue weighted by atomic mass is 32.2. The molecule has 78 heteroatoms. The van der Waals surface area contributed by atoms with Crippen molar-refractivity contribution in [3.05, 3.63) is 101 Å². The lowest BCUT2D eigenvalue weighted by Gasteiger charge is -2.35. The fourth-order valence-corrected chi connectivity index (χ4v) is 18.7. The first-order valence-electron chi connectivity index (χ1n) is 39.2. The molecule has 6 atom stereocenters. The largest absolute Gasteiger partial charge is 0.492 e. The zero-order chi connectivity index (χ0) is 110. The van der Waals surface area contributed by atoms with Crippen molar-refractivity contribution >= 4 is 138 Å². The number of hydrogen-bond donors (Lipinski definition) is 8. The van der Waals surface area contributed by atoms with E-state index in [-0.39, 0.29) is 31.8 Å². The smallest absolute Gasteiger partial charge is 0.481 e. The van der Waals surface area contributed by atoms with Gasteiger partial charge in [0.25, 0.3) is 0 Å². The Bertz CT molecular complexity index is 5440. The number of nitrogens with zero attached hydrogens (tertiary/aromatic N) is 15. The highest BCUT2D eigenvalue weighted by Gasteiger charge is 2.72. The van der Waals surface area contributed by atoms with Gasteiger partial charge in [-0.25, -0.2) is 70.9 Å². The van der Waals surface area contributed by atoms with Gasteiger partial charge >= 0.3 is 76.4 Å². The van der Waals surface area contributed by atoms with E-state index >= 15 is 0 Å². The Kier molecular flexibility index (Phi) is 43.6. The maximum absolute atomic E-state index is 12.3. The summed E-state index contributed by atoms with van der Waals surface area (Å²) in [6.45, 7) is 4.26. The minimum absolute atomic E-state index is 0.00313. The molecule has 5 aliphatic rings. The average molecular weight is 2140 g/mol. The van der Waals surface area contributed by atoms with E-state index in [1.165, 1.54) is 62.3 Å². The van der Waals surface area contributed by atoms with Crippen LogP contribution in [0.25, 0.3) is 0 Å². The number of likely N-dealkylation sites (tertiary alicyclic amines) is 5. The maximum Gasteiger partial charge on any atom is 0.492 e. The van der Waals surface area contributed by atoms with Gasteiger partial charge in [0.05, 0.1) is 61.0 Å². The van der Waals surface area contributed by atoms with Crippen molar-refractivity contribution < 1.29 is 202 Å². The van der Waals surface area contributed by atoms with Crippen LogP contribution in [0.3, 0.4) is 0 Å². The number of alkyl carbamates (subject to hydrolysis) is 3. The highest BCUT2D eigenvalue weighted by Crippen LogP contribution is 2.31. The number of nitrogens with one attached hydrogen (secondary N) is 3. The minimum Gasteiger partial charge on any atom is -0.481 e. The van der Waals surface area contributed by atoms with Crippen LogP contribution < -0.4 is 27.4 Å². The second kappa shape index (κ2) is 49.4. The van der Waals surface area contributed by atoms with Crippen molar-refractivity contribution in [2.45, 2.75) is 151 Å². The molecule has 5 aliphatic heterocycles. The molecule has 141 heavy (non-hydrogen) atoms. The van der Waals surface area contributed by atoms with Crippen molar-refractivity contribution in [2.24, 2.45) is 17.4 Å². The van der Waals surface area contributed by atoms with Crippen molar-refractivity contribution in [1.82, 2.24) is 40.4 Å². The number of sulfone groups is 5. The van der Waals surface area contributed by atoms with Crippen LogP contribution >= 0.6 is 0 Å². The van der Waals surface area contributed by atoms with Gasteiger partial charge in [0.1, 0.15) is 125 Å². The molecule has 0 saturated carbocycles. The van der Waals surface area contributed by atoms with Crippen LogP contribution in [0.1, 0.15) is 81.6 Å². The third kappa shape index (κ3) is 36.7. The number of aliphatic carboxylic acids is 3. The number of carbonyl (C=O) groups is 15. The summed E-state index contributed by atoms with van der Waals surface area (Å²) in [4.78, 5) is 274. The number of carboxylic acids is 3. The van der Waals surface area contributed by atoms with E-state index in [0.29, 0.717) is 24.5 Å². The van der Waals surface area contributed by atoms with E-state index in [4.69, 9.17) is 31.2 Å². The van der Waals surface area contributed by atoms with Gasteiger partial charge in [-0.15, -0.1) is 0 Å². The van der Waals surface area contributed by atoms with E-state index in [9.17, 15) is 220 Å². The summed E-state index contributed by atoms with van der Waals surface area (Å²) >= 11 is 0. The average Bonchev–Trinajstić information content (AvgIpc) is 0.771. The summed E-state index contributed by atoms with van der Waals surface area (Å²) in [7, 11) is -20.6. The monoisotopic (exact) mass is 2140 g/mol. The molecule has 5 fully saturated rings. The zero-order valence-electron chi connectivity index (χ0n) is 75.3. The standard InChI is InChI=1S/C15H22N4O11S.C14H22N4O11S.C13H20N4O11S.C11H16N4O11S.C10H16N4O9S/c1-9(20)12(16)3-2-11(21)4-10(14(23)24)5-31(29,30)6-13(22)17-7-15(8-17,18(25)26)19(27)28;1-13(2,3)29-12(21)15-9(11(20)28-4)5-30(26,27)6-10(19)16-7-14(8-16,17(22)23)18(24)25;1-12(2,3)28-11(21)14-8(10(19)20)4-29(26,27)5-9(18)15-6-13(7-15,16(22)23)17(24)25;1-2-26-10(19)12-7(9(17)18)3-27(24,25)4-8(16)13-5-11(6-13,14(20)21)15(22)23;1-2-23-9(16)7(11)3-24(21,22)4-8(15)12-5-10(6-12,13(17)18)14(19)20/h10,12H,2-8,16H2,1H3,(H,23,24);9H,5-8H2,1-4H3,(H,15,21);8H,4-7H2,1-3H3,(H,14,21)(H,19,20);7H,2-6H2,1H3,(H,12,19)(H,17,18);7H,2-6,11H2,1H3/t10-,12?;9-;8-;2*7-/m00000/s1. The number of ether oxygens (including phenoxy) is 5. The normalized spacial score (nSPS) is 16.9. The number of carboxylic acid groups (broad SMARTS) is 3. The number of rotatable bonds is 46. The number of nitro groups is 10. The number of carbonyl (C=O) groups excluding carboxylic acids is 12. The maximum atomic E-state index is 12.3. The molecule has 5 heterocycles. The lowest BCUT2D eigenvalue weighted by Crippen LogP contribution is -2.71. The van der Waals surface area contributed by atoms with E-state index in [1.807, 2.05) is 10.6 Å². The van der Waals surface area contributed by atoms with Gasteiger partial charge in [-0.1, -0.05) is 0 Å². The van der Waals surface area contributed by atoms with Crippen LogP contribution in [-0.2, 0) is 130 Å². The molecular weight excluding hydrogens is 2050 g/mol. The van der Waals surface area contributed by atoms with Gasteiger partial charge in [0.2, 0.25) is 29.5 Å². The topological polar surface area (TPSA) is 1070 Å². The van der Waals surface area contributed by atoms with Crippen molar-refractivity contribution in [3.63, 3.8) is 0 Å². The SMILES string of the molecule is CC(=O)C(N)CCC(=O)C[C@@H](CS(=O)(=O)CC(=O)N1CC([N+](=O)[O-])([N+](=O)[O-])C1)C(=O)O.CC(C)(C)OC(=O)N[C@@H](CS(=O)(=O)CC(=O)N1CC([N+](=O)[O-])([N+](=O)[O-])C1)C(=O)O.CCOC(=O)N[C@@H](CS(=O)(=O)CC(=O)N1CC([N+](=O)[O-])([N+](=O)[O-])C1)C(=O)O.CCOC(=O)[C@@H](N)CS(=O)(=O)CC(=O)N1CC([N+](=O)[O-])([N+](=O)[O-])C1.COC(=O)[C@H](CS(=O)(=O)CC(=O)N1CC([N+](=O)[O-])([N+](=O)[O-])C1)NC(=O)OC(C)(C)C. The van der Waals surface area contributed by atoms with Gasteiger partial charge in [-0.3, -0.25) is 144 Å². The molecule has 0 aliphatic carbocycles. The number of methoxy groups -OCH3 is 1. The molecule has 796 valence electrons.